The van der Waals surface area contributed by atoms with Crippen LogP contribution >= 0.6 is 15.9 Å². The number of hydrogen-bond donors (Lipinski definition) is 0. The van der Waals surface area contributed by atoms with Crippen molar-refractivity contribution < 1.29 is 30.8 Å². The minimum atomic E-state index is 0. The molecule has 0 radical (unpaired) electrons. The highest BCUT2D eigenvalue weighted by atomic mass is 79.9. The largest absolute Gasteiger partial charge is 1.00 e. The van der Waals surface area contributed by atoms with Gasteiger partial charge >= 0.3 is 0 Å². The van der Waals surface area contributed by atoms with Crippen LogP contribution in [0.15, 0.2) is 82.2 Å². The van der Waals surface area contributed by atoms with E-state index in [-0.39, 0.29) is 22.8 Å². The van der Waals surface area contributed by atoms with Gasteiger partial charge in [-0.2, -0.15) is 0 Å². The molecule has 2 aromatic heterocycles. The van der Waals surface area contributed by atoms with E-state index < -0.39 is 0 Å². The zero-order chi connectivity index (χ0) is 17.2. The third-order valence-corrected chi connectivity index (χ3v) is 4.58. The Morgan fingerprint density at radius 2 is 1.88 bits per heavy atom. The molecule has 6 heteroatoms. The zero-order valence-electron chi connectivity index (χ0n) is 13.8. The van der Waals surface area contributed by atoms with Gasteiger partial charge < -0.3 is 21.4 Å². The number of para-hydroxylation sites is 1. The molecule has 0 aliphatic rings. The summed E-state index contributed by atoms with van der Waals surface area (Å²) in [6.45, 7) is 0.947. The lowest BCUT2D eigenvalue weighted by atomic mass is 10.1. The average molecular weight is 476 g/mol. The van der Waals surface area contributed by atoms with Crippen molar-refractivity contribution in [1.82, 2.24) is 4.57 Å². The fourth-order valence-electron chi connectivity index (χ4n) is 2.81. The van der Waals surface area contributed by atoms with Gasteiger partial charge in [0.15, 0.2) is 6.54 Å². The standard InChI is InChI=1S/C20H16BrN2O2.BrH/c21-17-7-5-15(6-8-17)19(24)13-23-10-9-22(14-23)12-18-11-16-3-1-2-4-20(16)25-18;/h1-11,14H,12-13H2;1H/q+1;/p-1. The highest BCUT2D eigenvalue weighted by Gasteiger charge is 2.13. The molecule has 26 heavy (non-hydrogen) atoms. The summed E-state index contributed by atoms with van der Waals surface area (Å²) in [5.41, 5.74) is 1.60. The number of imidazole rings is 1. The first-order valence-corrected chi connectivity index (χ1v) is 8.78. The number of carbonyl (C=O) groups excluding carboxylic acids is 1. The number of Topliss-reactive ketones (excluding diaryl/α,β-unsaturated/α-hetero) is 1. The van der Waals surface area contributed by atoms with Crippen molar-refractivity contribution in [2.75, 3.05) is 0 Å². The molecule has 0 saturated heterocycles. The number of fused-ring (bicyclic) bond motifs is 1. The Morgan fingerprint density at radius 1 is 1.12 bits per heavy atom. The van der Waals surface area contributed by atoms with Crippen LogP contribution in [-0.2, 0) is 13.1 Å². The van der Waals surface area contributed by atoms with E-state index in [0.29, 0.717) is 18.7 Å². The number of carbonyl (C=O) groups is 1. The van der Waals surface area contributed by atoms with Gasteiger partial charge in [0.2, 0.25) is 12.1 Å². The van der Waals surface area contributed by atoms with Crippen LogP contribution in [-0.4, -0.2) is 10.4 Å². The second-order valence-corrected chi connectivity index (χ2v) is 6.85. The molecule has 132 valence electrons. The number of aromatic nitrogens is 2. The van der Waals surface area contributed by atoms with Crippen molar-refractivity contribution >= 4 is 32.7 Å². The van der Waals surface area contributed by atoms with Crippen LogP contribution in [0.3, 0.4) is 0 Å². The number of hydrogen-bond acceptors (Lipinski definition) is 2. The Morgan fingerprint density at radius 3 is 2.65 bits per heavy atom. The zero-order valence-corrected chi connectivity index (χ0v) is 17.0. The Labute approximate surface area is 170 Å². The van der Waals surface area contributed by atoms with Crippen LogP contribution in [0, 0.1) is 0 Å². The first kappa shape index (κ1) is 18.6. The molecule has 0 atom stereocenters. The molecule has 0 saturated carbocycles. The second kappa shape index (κ2) is 8.01. The minimum Gasteiger partial charge on any atom is -1.00 e. The summed E-state index contributed by atoms with van der Waals surface area (Å²) in [6.07, 6.45) is 5.77. The first-order chi connectivity index (χ1) is 12.2. The second-order valence-electron chi connectivity index (χ2n) is 5.94. The monoisotopic (exact) mass is 474 g/mol. The molecule has 0 amide bonds. The average Bonchev–Trinajstić information content (AvgIpc) is 3.21. The van der Waals surface area contributed by atoms with E-state index in [0.717, 1.165) is 21.2 Å². The number of halogens is 2. The highest BCUT2D eigenvalue weighted by Crippen LogP contribution is 2.19. The Bertz CT molecular complexity index is 1000. The van der Waals surface area contributed by atoms with Gasteiger partial charge in [0.05, 0.1) is 0 Å². The summed E-state index contributed by atoms with van der Waals surface area (Å²) in [5.74, 6) is 0.974. The van der Waals surface area contributed by atoms with Crippen molar-refractivity contribution in [2.24, 2.45) is 0 Å². The van der Waals surface area contributed by atoms with Crippen molar-refractivity contribution in [1.29, 1.82) is 0 Å². The summed E-state index contributed by atoms with van der Waals surface area (Å²) < 4.78 is 10.7. The number of ketones is 1. The molecule has 0 N–H and O–H groups in total. The maximum Gasteiger partial charge on any atom is 0.244 e. The highest BCUT2D eigenvalue weighted by molar-refractivity contribution is 9.10. The molecule has 2 aromatic carbocycles. The molecule has 0 bridgehead atoms. The van der Waals surface area contributed by atoms with Gasteiger partial charge in [-0.15, -0.1) is 0 Å². The van der Waals surface area contributed by atoms with Crippen LogP contribution in [0.5, 0.6) is 0 Å². The van der Waals surface area contributed by atoms with Crippen LogP contribution in [0.1, 0.15) is 16.1 Å². The third kappa shape index (κ3) is 4.14. The van der Waals surface area contributed by atoms with Crippen molar-refractivity contribution in [3.8, 4) is 0 Å². The van der Waals surface area contributed by atoms with Gasteiger partial charge in [-0.3, -0.25) is 4.79 Å². The molecule has 4 rings (SSSR count). The van der Waals surface area contributed by atoms with Gasteiger partial charge in [0.25, 0.3) is 0 Å². The minimum absolute atomic E-state index is 0. The molecular formula is C20H16Br2N2O2. The van der Waals surface area contributed by atoms with Crippen molar-refractivity contribution in [3.05, 3.63) is 89.1 Å². The number of nitrogens with zero attached hydrogens (tertiary/aromatic N) is 2. The fraction of sp³-hybridized carbons (Fsp3) is 0.100. The van der Waals surface area contributed by atoms with Gasteiger partial charge in [-0.1, -0.05) is 46.3 Å². The lowest BCUT2D eigenvalue weighted by molar-refractivity contribution is -0.682. The Hall–Kier alpha value is -2.18. The molecule has 4 aromatic rings. The smallest absolute Gasteiger partial charge is 0.244 e. The molecule has 4 nitrogen and oxygen atoms in total. The summed E-state index contributed by atoms with van der Waals surface area (Å²) >= 11 is 3.38. The number of rotatable bonds is 5. The van der Waals surface area contributed by atoms with E-state index in [1.807, 2.05) is 82.5 Å². The van der Waals surface area contributed by atoms with Crippen molar-refractivity contribution in [2.45, 2.75) is 13.1 Å². The predicted molar refractivity (Wildman–Crippen MR) is 98.4 cm³/mol. The Balaban J connectivity index is 0.00000196. The van der Waals surface area contributed by atoms with Crippen LogP contribution in [0.4, 0.5) is 0 Å². The molecular weight excluding hydrogens is 460 g/mol. The lowest BCUT2D eigenvalue weighted by Crippen LogP contribution is -3.00. The molecule has 0 aliphatic heterocycles. The SMILES string of the molecule is O=C(C[n+]1ccn(Cc2cc3ccccc3o2)c1)c1ccc(Br)cc1.[Br-]. The lowest BCUT2D eigenvalue weighted by Gasteiger charge is -1.98. The summed E-state index contributed by atoms with van der Waals surface area (Å²) in [7, 11) is 0. The van der Waals surface area contributed by atoms with Crippen molar-refractivity contribution in [3.63, 3.8) is 0 Å². The van der Waals surface area contributed by atoms with Gasteiger partial charge in [-0.25, -0.2) is 9.13 Å². The first-order valence-electron chi connectivity index (χ1n) is 7.98. The van der Waals surface area contributed by atoms with Gasteiger partial charge in [0, 0.05) is 15.4 Å². The summed E-state index contributed by atoms with van der Waals surface area (Å²) in [4.78, 5) is 12.3. The van der Waals surface area contributed by atoms with E-state index in [4.69, 9.17) is 4.42 Å². The molecule has 2 heterocycles. The van der Waals surface area contributed by atoms with E-state index in [2.05, 4.69) is 15.9 Å². The summed E-state index contributed by atoms with van der Waals surface area (Å²) in [5, 5.41) is 1.10. The van der Waals surface area contributed by atoms with E-state index in [1.165, 1.54) is 0 Å². The molecule has 0 fully saturated rings. The normalized spacial score (nSPS) is 10.7. The van der Waals surface area contributed by atoms with E-state index in [9.17, 15) is 4.79 Å². The van der Waals surface area contributed by atoms with Gasteiger partial charge in [0.1, 0.15) is 30.3 Å². The maximum atomic E-state index is 12.3. The number of furan rings is 1. The molecule has 0 spiro atoms. The molecule has 0 unspecified atom stereocenters. The van der Waals surface area contributed by atoms with Crippen LogP contribution < -0.4 is 21.5 Å². The third-order valence-electron chi connectivity index (χ3n) is 4.05. The number of benzene rings is 2. The Kier molecular flexibility index (Phi) is 5.74. The van der Waals surface area contributed by atoms with E-state index in [1.54, 1.807) is 0 Å². The summed E-state index contributed by atoms with van der Waals surface area (Å²) in [6, 6.07) is 17.4. The quantitative estimate of drug-likeness (QED) is 0.321. The van der Waals surface area contributed by atoms with Crippen LogP contribution in [0.25, 0.3) is 11.0 Å². The fourth-order valence-corrected chi connectivity index (χ4v) is 3.08. The topological polar surface area (TPSA) is 39.0 Å². The maximum absolute atomic E-state index is 12.3. The van der Waals surface area contributed by atoms with Crippen LogP contribution in [0.2, 0.25) is 0 Å². The predicted octanol–water partition coefficient (Wildman–Crippen LogP) is 1.22. The van der Waals surface area contributed by atoms with Gasteiger partial charge in [-0.05, 0) is 24.3 Å². The molecule has 0 aliphatic carbocycles. The van der Waals surface area contributed by atoms with E-state index >= 15 is 0 Å².